The van der Waals surface area contributed by atoms with Gasteiger partial charge in [-0.05, 0) is 82.9 Å². The lowest BCUT2D eigenvalue weighted by Gasteiger charge is -2.28. The molecule has 0 atom stereocenters. The molecule has 0 unspecified atom stereocenters. The van der Waals surface area contributed by atoms with Gasteiger partial charge in [0, 0.05) is 50.2 Å². The molecule has 0 aromatic heterocycles. The minimum atomic E-state index is -0.270. The molecule has 42 heavy (non-hydrogen) atoms. The van der Waals surface area contributed by atoms with Gasteiger partial charge >= 0.3 is 0 Å². The second-order valence-electron chi connectivity index (χ2n) is 10.3. The van der Waals surface area contributed by atoms with Gasteiger partial charge < -0.3 is 26.4 Å². The van der Waals surface area contributed by atoms with E-state index in [2.05, 4.69) is 70.9 Å². The molecule has 5 N–H and O–H groups in total. The van der Waals surface area contributed by atoms with Crippen molar-refractivity contribution in [2.45, 2.75) is 0 Å². The van der Waals surface area contributed by atoms with Crippen LogP contribution in [0.2, 0.25) is 0 Å². The first-order chi connectivity index (χ1) is 20.5. The van der Waals surface area contributed by atoms with E-state index in [1.165, 1.54) is 0 Å². The number of nitrogens with one attached hydrogen (secondary N) is 1. The van der Waals surface area contributed by atoms with Crippen LogP contribution in [-0.4, -0.2) is 13.0 Å². The van der Waals surface area contributed by atoms with Gasteiger partial charge in [0.05, 0.1) is 12.8 Å². The van der Waals surface area contributed by atoms with E-state index in [0.717, 1.165) is 60.8 Å². The van der Waals surface area contributed by atoms with Gasteiger partial charge in [-0.25, -0.2) is 0 Å². The van der Waals surface area contributed by atoms with Crippen molar-refractivity contribution < 1.29 is 9.53 Å². The fraction of sp³-hybridized carbons (Fsp3) is 0.0278. The van der Waals surface area contributed by atoms with E-state index in [-0.39, 0.29) is 5.91 Å². The summed E-state index contributed by atoms with van der Waals surface area (Å²) in [5, 5.41) is 9.58. The molecule has 6 nitrogen and oxygen atoms in total. The normalized spacial score (nSPS) is 11.3. The lowest BCUT2D eigenvalue weighted by atomic mass is 9.91. The number of ether oxygens (including phenoxy) is 1. The molecule has 0 saturated carbocycles. The van der Waals surface area contributed by atoms with Gasteiger partial charge in [0.25, 0.3) is 5.91 Å². The third-order valence-corrected chi connectivity index (χ3v) is 7.69. The van der Waals surface area contributed by atoms with Gasteiger partial charge in [-0.2, -0.15) is 0 Å². The summed E-state index contributed by atoms with van der Waals surface area (Å²) < 4.78 is 5.43. The van der Waals surface area contributed by atoms with Crippen molar-refractivity contribution in [1.29, 1.82) is 0 Å². The van der Waals surface area contributed by atoms with Crippen LogP contribution in [0.1, 0.15) is 10.4 Å². The van der Waals surface area contributed by atoms with E-state index in [9.17, 15) is 4.79 Å². The average molecular weight is 549 g/mol. The summed E-state index contributed by atoms with van der Waals surface area (Å²) in [6.07, 6.45) is 0. The molecule has 0 heterocycles. The summed E-state index contributed by atoms with van der Waals surface area (Å²) in [5.74, 6) is 0.526. The number of hydrogen-bond acceptors (Lipinski definition) is 5. The lowest BCUT2D eigenvalue weighted by molar-refractivity contribution is 0.102. The first-order valence-corrected chi connectivity index (χ1v) is 13.7. The summed E-state index contributed by atoms with van der Waals surface area (Å²) in [5.41, 5.74) is 17.0. The van der Waals surface area contributed by atoms with Crippen molar-refractivity contribution in [2.75, 3.05) is 28.8 Å². The van der Waals surface area contributed by atoms with Crippen molar-refractivity contribution in [3.05, 3.63) is 127 Å². The van der Waals surface area contributed by atoms with E-state index < -0.39 is 0 Å². The predicted octanol–water partition coefficient (Wildman–Crippen LogP) is 8.48. The second kappa shape index (κ2) is 10.0. The van der Waals surface area contributed by atoms with Crippen LogP contribution in [0.3, 0.4) is 0 Å². The topological polar surface area (TPSA) is 93.6 Å². The van der Waals surface area contributed by atoms with Crippen LogP contribution < -0.4 is 26.4 Å². The summed E-state index contributed by atoms with van der Waals surface area (Å²) in [6, 6.07) is 40.1. The number of nitrogen functional groups attached to an aromatic ring is 2. The quantitative estimate of drug-likeness (QED) is 0.143. The number of amides is 1. The lowest BCUT2D eigenvalue weighted by Crippen LogP contribution is -2.13. The van der Waals surface area contributed by atoms with Crippen LogP contribution in [0, 0.1) is 0 Å². The molecular weight excluding hydrogens is 520 g/mol. The molecule has 0 bridgehead atoms. The van der Waals surface area contributed by atoms with E-state index in [4.69, 9.17) is 16.2 Å². The van der Waals surface area contributed by atoms with Gasteiger partial charge in [-0.3, -0.25) is 4.79 Å². The molecule has 7 aromatic rings. The number of nitrogens with two attached hydrogens (primary N) is 2. The Morgan fingerprint density at radius 3 is 2.10 bits per heavy atom. The van der Waals surface area contributed by atoms with E-state index in [1.54, 1.807) is 25.3 Å². The number of benzene rings is 7. The van der Waals surface area contributed by atoms with Crippen molar-refractivity contribution in [1.82, 2.24) is 0 Å². The molecule has 0 radical (unpaired) electrons. The van der Waals surface area contributed by atoms with Crippen LogP contribution in [0.15, 0.2) is 121 Å². The first-order valence-electron chi connectivity index (χ1n) is 13.7. The Labute approximate surface area is 243 Å². The van der Waals surface area contributed by atoms with Gasteiger partial charge in [-0.1, -0.05) is 54.6 Å². The Hall–Kier alpha value is -5.75. The van der Waals surface area contributed by atoms with E-state index in [1.807, 2.05) is 42.5 Å². The summed E-state index contributed by atoms with van der Waals surface area (Å²) in [7, 11) is 1.67. The van der Waals surface area contributed by atoms with E-state index >= 15 is 0 Å². The zero-order chi connectivity index (χ0) is 28.8. The zero-order valence-corrected chi connectivity index (χ0v) is 23.0. The minimum Gasteiger partial charge on any atom is -0.497 e. The van der Waals surface area contributed by atoms with Crippen molar-refractivity contribution in [2.24, 2.45) is 0 Å². The Bertz CT molecular complexity index is 2070. The fourth-order valence-corrected chi connectivity index (χ4v) is 5.85. The number of rotatable bonds is 6. The number of hydrogen-bond donors (Lipinski definition) is 3. The third-order valence-electron chi connectivity index (χ3n) is 7.69. The summed E-state index contributed by atoms with van der Waals surface area (Å²) >= 11 is 0. The van der Waals surface area contributed by atoms with Gasteiger partial charge in [-0.15, -0.1) is 0 Å². The van der Waals surface area contributed by atoms with Crippen molar-refractivity contribution >= 4 is 72.3 Å². The van der Waals surface area contributed by atoms with Crippen LogP contribution in [0.25, 0.3) is 32.3 Å². The molecule has 0 spiro atoms. The van der Waals surface area contributed by atoms with Crippen LogP contribution in [0.5, 0.6) is 5.75 Å². The monoisotopic (exact) mass is 548 g/mol. The standard InChI is InChI=1S/C36H28N4O2/c1-42-29-13-11-28(12-14-29)40(27-8-3-2-4-9-27)33-17-16-30-32(39-36(41)24-18-25(37)21-26(38)19-24)20-23-7-5-6-22-10-15-31(33)35(30)34(22)23/h2-21H,37-38H2,1H3,(H,39,41). The summed E-state index contributed by atoms with van der Waals surface area (Å²) in [6.45, 7) is 0. The van der Waals surface area contributed by atoms with Crippen molar-refractivity contribution in [3.8, 4) is 5.75 Å². The SMILES string of the molecule is COc1ccc(N(c2ccccc2)c2ccc3c(NC(=O)c4cc(N)cc(N)c4)cc4cccc5ccc2c3c54)cc1. The summed E-state index contributed by atoms with van der Waals surface area (Å²) in [4.78, 5) is 15.7. The smallest absolute Gasteiger partial charge is 0.255 e. The highest BCUT2D eigenvalue weighted by atomic mass is 16.5. The van der Waals surface area contributed by atoms with Crippen molar-refractivity contribution in [3.63, 3.8) is 0 Å². The predicted molar refractivity (Wildman–Crippen MR) is 175 cm³/mol. The molecule has 7 rings (SSSR count). The number of para-hydroxylation sites is 1. The second-order valence-corrected chi connectivity index (χ2v) is 10.3. The van der Waals surface area contributed by atoms with Crippen LogP contribution in [-0.2, 0) is 0 Å². The number of nitrogens with zero attached hydrogens (tertiary/aromatic N) is 1. The number of anilines is 6. The zero-order valence-electron chi connectivity index (χ0n) is 23.0. The molecular formula is C36H28N4O2. The van der Waals surface area contributed by atoms with Gasteiger partial charge in [0.2, 0.25) is 0 Å². The van der Waals surface area contributed by atoms with Gasteiger partial charge in [0.1, 0.15) is 5.75 Å². The maximum atomic E-state index is 13.4. The number of carbonyl (C=O) groups is 1. The van der Waals surface area contributed by atoms with Crippen LogP contribution >= 0.6 is 0 Å². The highest BCUT2D eigenvalue weighted by molar-refractivity contribution is 6.29. The Morgan fingerprint density at radius 1 is 0.667 bits per heavy atom. The largest absolute Gasteiger partial charge is 0.497 e. The van der Waals surface area contributed by atoms with E-state index in [0.29, 0.717) is 16.9 Å². The maximum absolute atomic E-state index is 13.4. The molecule has 0 aliphatic rings. The molecule has 6 heteroatoms. The molecule has 0 saturated heterocycles. The highest BCUT2D eigenvalue weighted by Crippen LogP contribution is 2.46. The molecule has 0 aliphatic heterocycles. The minimum absolute atomic E-state index is 0.270. The number of methoxy groups -OCH3 is 1. The molecule has 1 amide bonds. The third kappa shape index (κ3) is 4.26. The average Bonchev–Trinajstić information content (AvgIpc) is 3.01. The Morgan fingerprint density at radius 2 is 1.36 bits per heavy atom. The highest BCUT2D eigenvalue weighted by Gasteiger charge is 2.20. The molecule has 204 valence electrons. The Balaban J connectivity index is 1.46. The molecule has 0 aliphatic carbocycles. The van der Waals surface area contributed by atoms with Gasteiger partial charge in [0.15, 0.2) is 0 Å². The Kier molecular flexibility index (Phi) is 6.02. The molecule has 7 aromatic carbocycles. The van der Waals surface area contributed by atoms with Crippen LogP contribution in [0.4, 0.5) is 34.1 Å². The maximum Gasteiger partial charge on any atom is 0.255 e. The fourth-order valence-electron chi connectivity index (χ4n) is 5.85. The number of carbonyl (C=O) groups excluding carboxylic acids is 1. The molecule has 0 fully saturated rings. The first kappa shape index (κ1) is 25.2.